The predicted octanol–water partition coefficient (Wildman–Crippen LogP) is 17.9. The van der Waals surface area contributed by atoms with E-state index in [2.05, 4.69) is 104 Å². The second kappa shape index (κ2) is 59.3. The summed E-state index contributed by atoms with van der Waals surface area (Å²) in [5.41, 5.74) is 0. The van der Waals surface area contributed by atoms with Crippen LogP contribution in [-0.2, 0) is 14.3 Å². The maximum Gasteiger partial charge on any atom is 0.220 e. The van der Waals surface area contributed by atoms with Gasteiger partial charge in [0.1, 0.15) is 24.4 Å². The largest absolute Gasteiger partial charge is 0.394 e. The van der Waals surface area contributed by atoms with Gasteiger partial charge in [-0.1, -0.05) is 291 Å². The summed E-state index contributed by atoms with van der Waals surface area (Å²) < 4.78 is 11.3. The highest BCUT2D eigenvalue weighted by atomic mass is 16.7. The summed E-state index contributed by atoms with van der Waals surface area (Å²) in [6.07, 6.45) is 79.3. The molecule has 0 bridgehead atoms. The molecule has 1 amide bonds. The van der Waals surface area contributed by atoms with E-state index in [-0.39, 0.29) is 12.5 Å². The highest BCUT2D eigenvalue weighted by Crippen LogP contribution is 2.23. The van der Waals surface area contributed by atoms with Crippen LogP contribution in [0.4, 0.5) is 0 Å². The molecule has 1 saturated heterocycles. The van der Waals surface area contributed by atoms with E-state index < -0.39 is 49.5 Å². The molecule has 0 aromatic rings. The number of allylic oxidation sites excluding steroid dienone is 15. The van der Waals surface area contributed by atoms with E-state index in [4.69, 9.17) is 9.47 Å². The molecule has 1 aliphatic rings. The molecule has 7 unspecified atom stereocenters. The fourth-order valence-electron chi connectivity index (χ4n) is 10.2. The van der Waals surface area contributed by atoms with Crippen LogP contribution in [0, 0.1) is 0 Å². The number of aliphatic hydroxyl groups excluding tert-OH is 5. The van der Waals surface area contributed by atoms with E-state index in [1.807, 2.05) is 6.08 Å². The van der Waals surface area contributed by atoms with Crippen LogP contribution in [-0.4, -0.2) is 87.5 Å². The number of nitrogens with one attached hydrogen (secondary N) is 1. The maximum absolute atomic E-state index is 13.1. The van der Waals surface area contributed by atoms with Crippen molar-refractivity contribution in [1.29, 1.82) is 0 Å². The molecule has 0 saturated carbocycles. The lowest BCUT2D eigenvalue weighted by molar-refractivity contribution is -0.302. The topological polar surface area (TPSA) is 149 Å². The molecule has 1 aliphatic heterocycles. The highest BCUT2D eigenvalue weighted by molar-refractivity contribution is 5.76. The van der Waals surface area contributed by atoms with Crippen molar-refractivity contribution in [2.45, 2.75) is 333 Å². The molecule has 1 fully saturated rings. The van der Waals surface area contributed by atoms with Crippen LogP contribution in [0.2, 0.25) is 0 Å². The van der Waals surface area contributed by atoms with E-state index >= 15 is 0 Å². The standard InChI is InChI=1S/C71H125NO8/c1-3-5-7-9-11-13-15-17-19-21-23-25-27-29-31-33-35-37-39-41-43-45-47-49-51-53-55-57-59-61-67(75)72-64(63-79-71-70(78)69(77)68(76)66(62-73)80-71)65(74)60-58-56-54-52-50-48-46-44-42-40-38-36-34-32-30-28-26-24-22-20-18-16-14-12-10-8-6-4-2/h5,7,11,13,17,19,23,25,29,31,42,44,50,52,58,60,64-66,68-71,73-74,76-78H,3-4,6,8-10,12,14-16,18,20-22,24,26-28,30,32-41,43,45-49,51,53-57,59,61-63H2,1-2H3,(H,72,75)/b7-5-,13-11-,19-17-,25-23-,31-29-,44-42+,52-50+,60-58+. The van der Waals surface area contributed by atoms with Crippen LogP contribution in [0.1, 0.15) is 290 Å². The summed E-state index contributed by atoms with van der Waals surface area (Å²) in [6.45, 7) is 3.67. The first kappa shape index (κ1) is 75.1. The lowest BCUT2D eigenvalue weighted by Gasteiger charge is -2.40. The van der Waals surface area contributed by atoms with Gasteiger partial charge < -0.3 is 40.3 Å². The highest BCUT2D eigenvalue weighted by Gasteiger charge is 2.44. The molecule has 462 valence electrons. The first-order valence-corrected chi connectivity index (χ1v) is 33.5. The second-order valence-electron chi connectivity index (χ2n) is 22.9. The van der Waals surface area contributed by atoms with Crippen LogP contribution in [0.15, 0.2) is 97.2 Å². The monoisotopic (exact) mass is 1120 g/mol. The predicted molar refractivity (Wildman–Crippen MR) is 341 cm³/mol. The molecular weight excluding hydrogens is 995 g/mol. The van der Waals surface area contributed by atoms with Gasteiger partial charge in [-0.2, -0.15) is 0 Å². The average Bonchev–Trinajstić information content (AvgIpc) is 3.46. The first-order valence-electron chi connectivity index (χ1n) is 33.5. The summed E-state index contributed by atoms with van der Waals surface area (Å²) in [7, 11) is 0. The van der Waals surface area contributed by atoms with Gasteiger partial charge in [0.25, 0.3) is 0 Å². The summed E-state index contributed by atoms with van der Waals surface area (Å²) in [5.74, 6) is -0.193. The van der Waals surface area contributed by atoms with Crippen molar-refractivity contribution in [2.75, 3.05) is 13.2 Å². The molecule has 9 nitrogen and oxygen atoms in total. The zero-order chi connectivity index (χ0) is 57.9. The second-order valence-corrected chi connectivity index (χ2v) is 22.9. The summed E-state index contributed by atoms with van der Waals surface area (Å²) in [5, 5.41) is 54.7. The van der Waals surface area contributed by atoms with Crippen molar-refractivity contribution in [2.24, 2.45) is 0 Å². The Balaban J connectivity index is 2.20. The van der Waals surface area contributed by atoms with E-state index in [0.29, 0.717) is 6.42 Å². The van der Waals surface area contributed by atoms with Crippen molar-refractivity contribution in [1.82, 2.24) is 5.32 Å². The molecule has 0 aliphatic carbocycles. The Morgan fingerprint density at radius 2 is 0.787 bits per heavy atom. The number of rotatable bonds is 57. The molecule has 0 radical (unpaired) electrons. The minimum Gasteiger partial charge on any atom is -0.394 e. The number of carbonyl (C=O) groups is 1. The van der Waals surface area contributed by atoms with Crippen LogP contribution >= 0.6 is 0 Å². The van der Waals surface area contributed by atoms with Crippen molar-refractivity contribution < 1.29 is 39.8 Å². The maximum atomic E-state index is 13.1. The first-order chi connectivity index (χ1) is 39.3. The molecule has 0 spiro atoms. The zero-order valence-corrected chi connectivity index (χ0v) is 51.6. The Morgan fingerprint density at radius 1 is 0.438 bits per heavy atom. The van der Waals surface area contributed by atoms with E-state index in [0.717, 1.165) is 77.0 Å². The molecular formula is C71H125NO8. The van der Waals surface area contributed by atoms with Gasteiger partial charge in [0.2, 0.25) is 5.91 Å². The summed E-state index contributed by atoms with van der Waals surface area (Å²) in [4.78, 5) is 13.1. The molecule has 80 heavy (non-hydrogen) atoms. The number of hydrogen-bond acceptors (Lipinski definition) is 8. The number of amides is 1. The number of carbonyl (C=O) groups excluding carboxylic acids is 1. The molecule has 9 heteroatoms. The lowest BCUT2D eigenvalue weighted by atomic mass is 9.99. The molecule has 1 heterocycles. The molecule has 6 N–H and O–H groups in total. The smallest absolute Gasteiger partial charge is 0.220 e. The van der Waals surface area contributed by atoms with Crippen molar-refractivity contribution in [3.63, 3.8) is 0 Å². The SMILES string of the molecule is CC/C=C\C/C=C\C/C=C\C/C=C\C/C=C\CCCCCCCCCCCCCCCC(=O)NC(COC1OC(CO)C(O)C(O)C1O)C(O)/C=C/CC/C=C/CC/C=C/CCCCCCCCCCCCCCCCCCCC. The number of ether oxygens (including phenoxy) is 2. The lowest BCUT2D eigenvalue weighted by Crippen LogP contribution is -2.60. The van der Waals surface area contributed by atoms with Crippen molar-refractivity contribution in [3.05, 3.63) is 97.2 Å². The Kier molecular flexibility index (Phi) is 55.7. The molecule has 1 rings (SSSR count). The Bertz CT molecular complexity index is 1580. The number of unbranched alkanes of at least 4 members (excludes halogenated alkanes) is 33. The minimum atomic E-state index is -1.58. The third kappa shape index (κ3) is 47.6. The third-order valence-electron chi connectivity index (χ3n) is 15.4. The van der Waals surface area contributed by atoms with Crippen LogP contribution in [0.3, 0.4) is 0 Å². The van der Waals surface area contributed by atoms with E-state index in [9.17, 15) is 30.3 Å². The van der Waals surface area contributed by atoms with E-state index in [1.165, 1.54) is 193 Å². The quantitative estimate of drug-likeness (QED) is 0.0261. The van der Waals surface area contributed by atoms with Gasteiger partial charge in [-0.05, 0) is 89.9 Å². The van der Waals surface area contributed by atoms with Crippen LogP contribution in [0.5, 0.6) is 0 Å². The van der Waals surface area contributed by atoms with E-state index in [1.54, 1.807) is 6.08 Å². The molecule has 0 aromatic carbocycles. The summed E-state index contributed by atoms with van der Waals surface area (Å²) >= 11 is 0. The fourth-order valence-corrected chi connectivity index (χ4v) is 10.2. The van der Waals surface area contributed by atoms with Crippen molar-refractivity contribution in [3.8, 4) is 0 Å². The zero-order valence-electron chi connectivity index (χ0n) is 51.6. The minimum absolute atomic E-state index is 0.193. The fraction of sp³-hybridized carbons (Fsp3) is 0.761. The van der Waals surface area contributed by atoms with Crippen LogP contribution in [0.25, 0.3) is 0 Å². The molecule has 0 aromatic heterocycles. The van der Waals surface area contributed by atoms with Gasteiger partial charge in [-0.15, -0.1) is 0 Å². The van der Waals surface area contributed by atoms with Gasteiger partial charge in [0.05, 0.1) is 25.4 Å². The Hall–Kier alpha value is -2.89. The van der Waals surface area contributed by atoms with Crippen molar-refractivity contribution >= 4 is 5.91 Å². The van der Waals surface area contributed by atoms with Gasteiger partial charge in [-0.3, -0.25) is 4.79 Å². The van der Waals surface area contributed by atoms with Gasteiger partial charge in [-0.25, -0.2) is 0 Å². The third-order valence-corrected chi connectivity index (χ3v) is 15.4. The number of aliphatic hydroxyl groups is 5. The Labute approximate surface area is 492 Å². The number of hydrogen-bond donors (Lipinski definition) is 6. The molecule has 7 atom stereocenters. The van der Waals surface area contributed by atoms with Gasteiger partial charge in [0, 0.05) is 6.42 Å². The van der Waals surface area contributed by atoms with Gasteiger partial charge >= 0.3 is 0 Å². The Morgan fingerprint density at radius 3 is 1.20 bits per heavy atom. The average molecular weight is 1120 g/mol. The van der Waals surface area contributed by atoms with Crippen LogP contribution < -0.4 is 5.32 Å². The summed E-state index contributed by atoms with van der Waals surface area (Å²) in [6, 6.07) is -0.836. The normalized spacial score (nSPS) is 19.1. The van der Waals surface area contributed by atoms with Gasteiger partial charge in [0.15, 0.2) is 6.29 Å².